The quantitative estimate of drug-likeness (QED) is 0.886. The van der Waals surface area contributed by atoms with Gasteiger partial charge in [-0.1, -0.05) is 37.3 Å². The van der Waals surface area contributed by atoms with Crippen LogP contribution < -0.4 is 5.32 Å². The SMILES string of the molecule is CCc1ccc(NC(=O)[C@H]2Cc3ccccc3C(=O)O2)cc1. The summed E-state index contributed by atoms with van der Waals surface area (Å²) in [7, 11) is 0. The van der Waals surface area contributed by atoms with Crippen LogP contribution in [0.25, 0.3) is 0 Å². The number of hydrogen-bond acceptors (Lipinski definition) is 3. The normalized spacial score (nSPS) is 16.6. The van der Waals surface area contributed by atoms with Gasteiger partial charge < -0.3 is 10.1 Å². The van der Waals surface area contributed by atoms with Gasteiger partial charge in [0.1, 0.15) is 0 Å². The molecule has 0 bridgehead atoms. The van der Waals surface area contributed by atoms with Crippen LogP contribution in [0.4, 0.5) is 5.69 Å². The molecule has 1 heterocycles. The Hall–Kier alpha value is -2.62. The number of hydrogen-bond donors (Lipinski definition) is 1. The number of benzene rings is 2. The third-order valence-electron chi connectivity index (χ3n) is 3.81. The summed E-state index contributed by atoms with van der Waals surface area (Å²) in [5.41, 5.74) is 3.30. The van der Waals surface area contributed by atoms with Crippen molar-refractivity contribution in [3.05, 3.63) is 65.2 Å². The molecule has 22 heavy (non-hydrogen) atoms. The Kier molecular flexibility index (Phi) is 3.92. The summed E-state index contributed by atoms with van der Waals surface area (Å²) in [5.74, 6) is -0.740. The molecule has 4 heteroatoms. The van der Waals surface area contributed by atoms with Crippen molar-refractivity contribution in [2.75, 3.05) is 5.32 Å². The van der Waals surface area contributed by atoms with Gasteiger partial charge in [-0.15, -0.1) is 0 Å². The van der Waals surface area contributed by atoms with E-state index in [1.165, 1.54) is 5.56 Å². The summed E-state index contributed by atoms with van der Waals surface area (Å²) >= 11 is 0. The molecule has 4 nitrogen and oxygen atoms in total. The van der Waals surface area contributed by atoms with E-state index in [1.807, 2.05) is 36.4 Å². The number of nitrogens with one attached hydrogen (secondary N) is 1. The zero-order valence-corrected chi connectivity index (χ0v) is 12.3. The zero-order valence-electron chi connectivity index (χ0n) is 12.3. The summed E-state index contributed by atoms with van der Waals surface area (Å²) < 4.78 is 5.24. The van der Waals surface area contributed by atoms with Crippen LogP contribution in [0.5, 0.6) is 0 Å². The molecular formula is C18H17NO3. The zero-order chi connectivity index (χ0) is 15.5. The van der Waals surface area contributed by atoms with Crippen molar-refractivity contribution in [2.45, 2.75) is 25.9 Å². The summed E-state index contributed by atoms with van der Waals surface area (Å²) in [6.07, 6.45) is 0.569. The first-order chi connectivity index (χ1) is 10.7. The second kappa shape index (κ2) is 6.02. The Morgan fingerprint density at radius 2 is 1.91 bits per heavy atom. The minimum Gasteiger partial charge on any atom is -0.448 e. The molecule has 112 valence electrons. The highest BCUT2D eigenvalue weighted by atomic mass is 16.5. The number of rotatable bonds is 3. The van der Waals surface area contributed by atoms with Gasteiger partial charge in [-0.05, 0) is 35.7 Å². The number of carbonyl (C=O) groups excluding carboxylic acids is 2. The van der Waals surface area contributed by atoms with Crippen molar-refractivity contribution in [3.63, 3.8) is 0 Å². The molecule has 1 aliphatic rings. The number of carbonyl (C=O) groups is 2. The van der Waals surface area contributed by atoms with Crippen LogP contribution in [0.2, 0.25) is 0 Å². The minimum atomic E-state index is -0.784. The summed E-state index contributed by atoms with van der Waals surface area (Å²) in [6, 6.07) is 14.9. The predicted octanol–water partition coefficient (Wildman–Crippen LogP) is 2.97. The van der Waals surface area contributed by atoms with Crippen LogP contribution in [0.15, 0.2) is 48.5 Å². The first-order valence-electron chi connectivity index (χ1n) is 7.36. The third-order valence-corrected chi connectivity index (χ3v) is 3.81. The average Bonchev–Trinajstić information content (AvgIpc) is 2.55. The van der Waals surface area contributed by atoms with Crippen LogP contribution in [0.1, 0.15) is 28.4 Å². The number of esters is 1. The van der Waals surface area contributed by atoms with E-state index < -0.39 is 12.1 Å². The Bertz CT molecular complexity index is 707. The number of fused-ring (bicyclic) bond motifs is 1. The van der Waals surface area contributed by atoms with E-state index in [2.05, 4.69) is 12.2 Å². The molecule has 0 fully saturated rings. The Labute approximate surface area is 129 Å². The fourth-order valence-corrected chi connectivity index (χ4v) is 2.52. The molecule has 0 aliphatic carbocycles. The van der Waals surface area contributed by atoms with E-state index in [0.29, 0.717) is 17.7 Å². The van der Waals surface area contributed by atoms with Crippen molar-refractivity contribution >= 4 is 17.6 Å². The third kappa shape index (κ3) is 2.86. The number of amides is 1. The molecule has 0 unspecified atom stereocenters. The number of anilines is 1. The van der Waals surface area contributed by atoms with Crippen molar-refractivity contribution in [1.82, 2.24) is 0 Å². The maximum Gasteiger partial charge on any atom is 0.339 e. The lowest BCUT2D eigenvalue weighted by atomic mass is 9.98. The van der Waals surface area contributed by atoms with Gasteiger partial charge in [0.25, 0.3) is 5.91 Å². The van der Waals surface area contributed by atoms with Gasteiger partial charge in [0.2, 0.25) is 0 Å². The highest BCUT2D eigenvalue weighted by Gasteiger charge is 2.30. The molecule has 1 N–H and O–H groups in total. The standard InChI is InChI=1S/C18H17NO3/c1-2-12-7-9-14(10-8-12)19-17(20)16-11-13-5-3-4-6-15(13)18(21)22-16/h3-10,16H,2,11H2,1H3,(H,19,20)/t16-/m1/s1. The molecule has 1 amide bonds. The van der Waals surface area contributed by atoms with E-state index >= 15 is 0 Å². The van der Waals surface area contributed by atoms with Crippen molar-refractivity contribution in [1.29, 1.82) is 0 Å². The fraction of sp³-hybridized carbons (Fsp3) is 0.222. The van der Waals surface area contributed by atoms with Crippen molar-refractivity contribution in [3.8, 4) is 0 Å². The van der Waals surface area contributed by atoms with E-state index in [0.717, 1.165) is 12.0 Å². The van der Waals surface area contributed by atoms with E-state index in [-0.39, 0.29) is 5.91 Å². The molecule has 0 saturated heterocycles. The van der Waals surface area contributed by atoms with Gasteiger partial charge in [0.05, 0.1) is 5.56 Å². The van der Waals surface area contributed by atoms with Gasteiger partial charge in [0, 0.05) is 12.1 Å². The van der Waals surface area contributed by atoms with E-state index in [1.54, 1.807) is 12.1 Å². The smallest absolute Gasteiger partial charge is 0.339 e. The second-order valence-corrected chi connectivity index (χ2v) is 5.29. The first-order valence-corrected chi connectivity index (χ1v) is 7.36. The van der Waals surface area contributed by atoms with Gasteiger partial charge >= 0.3 is 5.97 Å². The largest absolute Gasteiger partial charge is 0.448 e. The maximum atomic E-state index is 12.3. The predicted molar refractivity (Wildman–Crippen MR) is 83.8 cm³/mol. The Morgan fingerprint density at radius 3 is 2.64 bits per heavy atom. The van der Waals surface area contributed by atoms with Gasteiger partial charge in [-0.3, -0.25) is 4.79 Å². The number of aryl methyl sites for hydroxylation is 1. The molecule has 2 aromatic carbocycles. The van der Waals surface area contributed by atoms with Crippen LogP contribution in [-0.2, 0) is 22.4 Å². The highest BCUT2D eigenvalue weighted by Crippen LogP contribution is 2.21. The lowest BCUT2D eigenvalue weighted by molar-refractivity contribution is -0.125. The molecule has 0 radical (unpaired) electrons. The molecule has 1 aliphatic heterocycles. The van der Waals surface area contributed by atoms with Crippen molar-refractivity contribution < 1.29 is 14.3 Å². The molecule has 1 atom stereocenters. The lowest BCUT2D eigenvalue weighted by Gasteiger charge is -2.23. The second-order valence-electron chi connectivity index (χ2n) is 5.29. The topological polar surface area (TPSA) is 55.4 Å². The average molecular weight is 295 g/mol. The fourth-order valence-electron chi connectivity index (χ4n) is 2.52. The van der Waals surface area contributed by atoms with Crippen LogP contribution in [-0.4, -0.2) is 18.0 Å². The van der Waals surface area contributed by atoms with Crippen LogP contribution in [0, 0.1) is 0 Å². The molecular weight excluding hydrogens is 278 g/mol. The molecule has 3 rings (SSSR count). The highest BCUT2D eigenvalue weighted by molar-refractivity contribution is 6.00. The van der Waals surface area contributed by atoms with Gasteiger partial charge in [0.15, 0.2) is 6.10 Å². The maximum absolute atomic E-state index is 12.3. The Morgan fingerprint density at radius 1 is 1.18 bits per heavy atom. The van der Waals surface area contributed by atoms with Crippen LogP contribution >= 0.6 is 0 Å². The molecule has 0 saturated carbocycles. The number of cyclic esters (lactones) is 1. The van der Waals surface area contributed by atoms with Gasteiger partial charge in [-0.2, -0.15) is 0 Å². The summed E-state index contributed by atoms with van der Waals surface area (Å²) in [4.78, 5) is 24.2. The minimum absolute atomic E-state index is 0.299. The molecule has 0 spiro atoms. The Balaban J connectivity index is 1.72. The van der Waals surface area contributed by atoms with E-state index in [4.69, 9.17) is 4.74 Å². The summed E-state index contributed by atoms with van der Waals surface area (Å²) in [6.45, 7) is 2.08. The van der Waals surface area contributed by atoms with Crippen molar-refractivity contribution in [2.24, 2.45) is 0 Å². The summed E-state index contributed by atoms with van der Waals surface area (Å²) in [5, 5.41) is 2.80. The van der Waals surface area contributed by atoms with Gasteiger partial charge in [-0.25, -0.2) is 4.79 Å². The lowest BCUT2D eigenvalue weighted by Crippen LogP contribution is -2.37. The molecule has 2 aromatic rings. The molecule has 0 aromatic heterocycles. The first kappa shape index (κ1) is 14.3. The monoisotopic (exact) mass is 295 g/mol. The van der Waals surface area contributed by atoms with Crippen LogP contribution in [0.3, 0.4) is 0 Å². The van der Waals surface area contributed by atoms with E-state index in [9.17, 15) is 9.59 Å². The number of ether oxygens (including phenoxy) is 1.